The summed E-state index contributed by atoms with van der Waals surface area (Å²) in [6.45, 7) is 8.83. The second-order valence-corrected chi connectivity index (χ2v) is 6.33. The molecule has 5 nitrogen and oxygen atoms in total. The van der Waals surface area contributed by atoms with Crippen LogP contribution in [0.25, 0.3) is 6.20 Å². The first-order valence-electron chi connectivity index (χ1n) is 7.91. The van der Waals surface area contributed by atoms with Crippen LogP contribution in [0.1, 0.15) is 47.2 Å². The van der Waals surface area contributed by atoms with Crippen molar-refractivity contribution in [2.75, 3.05) is 0 Å². The summed E-state index contributed by atoms with van der Waals surface area (Å²) in [5.74, 6) is 0.884. The Morgan fingerprint density at radius 1 is 1.32 bits per heavy atom. The van der Waals surface area contributed by atoms with Crippen molar-refractivity contribution in [3.05, 3.63) is 47.3 Å². The molecule has 2 bridgehead atoms. The minimum Gasteiger partial charge on any atom is -0.288 e. The molecule has 0 aromatic carbocycles. The molecular formula is C17H21N5. The molecule has 0 aliphatic carbocycles. The first kappa shape index (κ1) is 13.6. The van der Waals surface area contributed by atoms with Gasteiger partial charge in [-0.2, -0.15) is 5.10 Å². The fourth-order valence-electron chi connectivity index (χ4n) is 3.92. The fraction of sp³-hybridized carbons (Fsp3) is 0.471. The van der Waals surface area contributed by atoms with Gasteiger partial charge in [0, 0.05) is 54.3 Å². The molecule has 1 fully saturated rings. The normalized spacial score (nSPS) is 23.5. The van der Waals surface area contributed by atoms with E-state index in [1.165, 1.54) is 35.4 Å². The van der Waals surface area contributed by atoms with E-state index in [1.54, 1.807) is 6.20 Å². The molecule has 2 atom stereocenters. The molecule has 22 heavy (non-hydrogen) atoms. The molecule has 4 heterocycles. The summed E-state index contributed by atoms with van der Waals surface area (Å²) < 4.78 is 1.85. The van der Waals surface area contributed by atoms with Gasteiger partial charge in [-0.3, -0.25) is 4.90 Å². The standard InChI is InChI=1S/C17H21N5/c1-4-22-11(2)13(8-19-22)10-21-14-5-6-17(21)15-9-18-12(3)20-16(15)7-14/h4,8-9,14,17H,1,5-7,10H2,2-3H3. The molecule has 5 heteroatoms. The quantitative estimate of drug-likeness (QED) is 0.873. The molecule has 0 saturated carbocycles. The Morgan fingerprint density at radius 2 is 2.18 bits per heavy atom. The third kappa shape index (κ3) is 2.00. The average molecular weight is 295 g/mol. The molecule has 0 radical (unpaired) electrons. The predicted octanol–water partition coefficient (Wildman–Crippen LogP) is 2.65. The summed E-state index contributed by atoms with van der Waals surface area (Å²) in [6.07, 6.45) is 9.27. The number of hydrogen-bond acceptors (Lipinski definition) is 4. The second kappa shape index (κ2) is 5.02. The molecule has 4 rings (SSSR count). The van der Waals surface area contributed by atoms with Crippen LogP contribution in [0.3, 0.4) is 0 Å². The summed E-state index contributed by atoms with van der Waals surface area (Å²) >= 11 is 0. The number of nitrogens with zero attached hydrogens (tertiary/aromatic N) is 5. The van der Waals surface area contributed by atoms with Crippen molar-refractivity contribution in [1.82, 2.24) is 24.6 Å². The molecule has 2 aliphatic rings. The van der Waals surface area contributed by atoms with Gasteiger partial charge in [-0.25, -0.2) is 14.6 Å². The van der Waals surface area contributed by atoms with E-state index >= 15 is 0 Å². The lowest BCUT2D eigenvalue weighted by atomic mass is 9.98. The van der Waals surface area contributed by atoms with Crippen LogP contribution in [0.5, 0.6) is 0 Å². The Kier molecular flexibility index (Phi) is 3.11. The van der Waals surface area contributed by atoms with E-state index < -0.39 is 0 Å². The zero-order valence-corrected chi connectivity index (χ0v) is 13.2. The van der Waals surface area contributed by atoms with Gasteiger partial charge in [-0.05, 0) is 26.7 Å². The molecule has 0 amide bonds. The highest BCUT2D eigenvalue weighted by Gasteiger charge is 2.40. The van der Waals surface area contributed by atoms with E-state index in [0.29, 0.717) is 12.1 Å². The lowest BCUT2D eigenvalue weighted by molar-refractivity contribution is 0.165. The van der Waals surface area contributed by atoms with Crippen LogP contribution in [0.15, 0.2) is 19.0 Å². The highest BCUT2D eigenvalue weighted by molar-refractivity contribution is 5.31. The maximum absolute atomic E-state index is 4.66. The first-order valence-corrected chi connectivity index (χ1v) is 7.91. The lowest BCUT2D eigenvalue weighted by Gasteiger charge is -2.35. The van der Waals surface area contributed by atoms with Crippen LogP contribution >= 0.6 is 0 Å². The van der Waals surface area contributed by atoms with Crippen molar-refractivity contribution in [3.8, 4) is 0 Å². The molecule has 0 N–H and O–H groups in total. The summed E-state index contributed by atoms with van der Waals surface area (Å²) in [6, 6.07) is 1.05. The minimum atomic E-state index is 0.459. The predicted molar refractivity (Wildman–Crippen MR) is 85.1 cm³/mol. The highest BCUT2D eigenvalue weighted by Crippen LogP contribution is 2.43. The van der Waals surface area contributed by atoms with Crippen molar-refractivity contribution >= 4 is 6.20 Å². The van der Waals surface area contributed by atoms with Crippen molar-refractivity contribution in [2.45, 2.75) is 51.7 Å². The van der Waals surface area contributed by atoms with Gasteiger partial charge >= 0.3 is 0 Å². The molecule has 114 valence electrons. The highest BCUT2D eigenvalue weighted by atomic mass is 15.3. The second-order valence-electron chi connectivity index (χ2n) is 6.33. The molecule has 2 aromatic heterocycles. The minimum absolute atomic E-state index is 0.459. The third-order valence-corrected chi connectivity index (χ3v) is 5.12. The van der Waals surface area contributed by atoms with Gasteiger partial charge in [0.05, 0.1) is 11.9 Å². The third-order valence-electron chi connectivity index (χ3n) is 5.12. The van der Waals surface area contributed by atoms with Crippen LogP contribution in [0, 0.1) is 13.8 Å². The number of fused-ring (bicyclic) bond motifs is 4. The molecule has 1 saturated heterocycles. The summed E-state index contributed by atoms with van der Waals surface area (Å²) in [5, 5.41) is 4.37. The monoisotopic (exact) mass is 295 g/mol. The van der Waals surface area contributed by atoms with E-state index in [1.807, 2.05) is 24.0 Å². The van der Waals surface area contributed by atoms with Crippen molar-refractivity contribution in [3.63, 3.8) is 0 Å². The van der Waals surface area contributed by atoms with E-state index in [4.69, 9.17) is 0 Å². The van der Waals surface area contributed by atoms with Gasteiger partial charge in [0.2, 0.25) is 0 Å². The molecule has 2 aromatic rings. The number of hydrogen-bond donors (Lipinski definition) is 0. The number of aromatic nitrogens is 4. The average Bonchev–Trinajstić information content (AvgIpc) is 2.99. The Morgan fingerprint density at radius 3 is 2.95 bits per heavy atom. The summed E-state index contributed by atoms with van der Waals surface area (Å²) in [4.78, 5) is 11.7. The largest absolute Gasteiger partial charge is 0.288 e. The molecule has 2 unspecified atom stereocenters. The Bertz CT molecular complexity index is 733. The SMILES string of the molecule is C=Cn1ncc(CN2C3CCC2c2cnc(C)nc2C3)c1C. The van der Waals surface area contributed by atoms with E-state index in [-0.39, 0.29) is 0 Å². The maximum Gasteiger partial charge on any atom is 0.125 e. The zero-order chi connectivity index (χ0) is 15.3. The first-order chi connectivity index (χ1) is 10.7. The Hall–Kier alpha value is -2.01. The van der Waals surface area contributed by atoms with Gasteiger partial charge in [0.25, 0.3) is 0 Å². The van der Waals surface area contributed by atoms with Crippen molar-refractivity contribution in [1.29, 1.82) is 0 Å². The fourth-order valence-corrected chi connectivity index (χ4v) is 3.92. The van der Waals surface area contributed by atoms with Gasteiger partial charge in [0.1, 0.15) is 5.82 Å². The summed E-state index contributed by atoms with van der Waals surface area (Å²) in [5.41, 5.74) is 5.05. The van der Waals surface area contributed by atoms with Gasteiger partial charge in [-0.1, -0.05) is 6.58 Å². The van der Waals surface area contributed by atoms with Crippen LogP contribution < -0.4 is 0 Å². The van der Waals surface area contributed by atoms with Crippen LogP contribution in [-0.2, 0) is 13.0 Å². The Labute approximate surface area is 130 Å². The number of aryl methyl sites for hydroxylation is 1. The molecule has 2 aliphatic heterocycles. The smallest absolute Gasteiger partial charge is 0.125 e. The van der Waals surface area contributed by atoms with Gasteiger partial charge in [0.15, 0.2) is 0 Å². The lowest BCUT2D eigenvalue weighted by Crippen LogP contribution is -2.37. The van der Waals surface area contributed by atoms with Crippen molar-refractivity contribution in [2.24, 2.45) is 0 Å². The molecular weight excluding hydrogens is 274 g/mol. The number of rotatable bonds is 3. The van der Waals surface area contributed by atoms with Crippen molar-refractivity contribution < 1.29 is 0 Å². The van der Waals surface area contributed by atoms with Crippen LogP contribution in [0.4, 0.5) is 0 Å². The maximum atomic E-state index is 4.66. The topological polar surface area (TPSA) is 46.8 Å². The van der Waals surface area contributed by atoms with Gasteiger partial charge < -0.3 is 0 Å². The zero-order valence-electron chi connectivity index (χ0n) is 13.2. The summed E-state index contributed by atoms with van der Waals surface area (Å²) in [7, 11) is 0. The Balaban J connectivity index is 1.65. The van der Waals surface area contributed by atoms with Crippen LogP contribution in [-0.4, -0.2) is 30.7 Å². The van der Waals surface area contributed by atoms with E-state index in [0.717, 1.165) is 18.8 Å². The molecule has 0 spiro atoms. The van der Waals surface area contributed by atoms with Crippen LogP contribution in [0.2, 0.25) is 0 Å². The van der Waals surface area contributed by atoms with E-state index in [9.17, 15) is 0 Å². The van der Waals surface area contributed by atoms with Gasteiger partial charge in [-0.15, -0.1) is 0 Å². The van der Waals surface area contributed by atoms with E-state index in [2.05, 4.69) is 33.5 Å².